The summed E-state index contributed by atoms with van der Waals surface area (Å²) in [6, 6.07) is 3.99. The largest absolute Gasteiger partial charge is 0.378 e. The highest BCUT2D eigenvalue weighted by Gasteiger charge is 2.17. The molecule has 2 aromatic rings. The van der Waals surface area contributed by atoms with Crippen molar-refractivity contribution >= 4 is 28.3 Å². The van der Waals surface area contributed by atoms with E-state index in [4.69, 9.17) is 4.74 Å². The molecule has 0 aliphatic carbocycles. The molecule has 24 heavy (non-hydrogen) atoms. The molecule has 1 saturated heterocycles. The highest BCUT2D eigenvalue weighted by molar-refractivity contribution is 7.10. The van der Waals surface area contributed by atoms with Crippen molar-refractivity contribution in [1.82, 2.24) is 14.7 Å². The third kappa shape index (κ3) is 3.65. The summed E-state index contributed by atoms with van der Waals surface area (Å²) in [5.41, 5.74) is 2.32. The first-order valence-electron chi connectivity index (χ1n) is 7.89. The van der Waals surface area contributed by atoms with Crippen LogP contribution in [0.5, 0.6) is 0 Å². The molecule has 0 spiro atoms. The third-order valence-electron chi connectivity index (χ3n) is 3.91. The van der Waals surface area contributed by atoms with Crippen LogP contribution in [0.4, 0.5) is 10.8 Å². The number of aryl methyl sites for hydroxylation is 1. The van der Waals surface area contributed by atoms with E-state index in [0.29, 0.717) is 12.1 Å². The van der Waals surface area contributed by atoms with Gasteiger partial charge in [-0.15, -0.1) is 0 Å². The van der Waals surface area contributed by atoms with Crippen molar-refractivity contribution in [2.75, 3.05) is 43.6 Å². The molecule has 0 atom stereocenters. The minimum atomic E-state index is -0.122. The Labute approximate surface area is 145 Å². The fourth-order valence-electron chi connectivity index (χ4n) is 2.58. The second-order valence-corrected chi connectivity index (χ2v) is 6.30. The Morgan fingerprint density at radius 2 is 2.17 bits per heavy atom. The molecule has 0 radical (unpaired) electrons. The number of hydrogen-bond donors (Lipinski definition) is 2. The zero-order valence-corrected chi connectivity index (χ0v) is 14.7. The zero-order valence-electron chi connectivity index (χ0n) is 13.8. The maximum Gasteiger partial charge on any atom is 0.256 e. The van der Waals surface area contributed by atoms with E-state index in [1.54, 1.807) is 7.05 Å². The van der Waals surface area contributed by atoms with Gasteiger partial charge in [-0.2, -0.15) is 4.37 Å². The number of carbonyl (C=O) groups is 1. The second-order valence-electron chi connectivity index (χ2n) is 5.53. The number of nitrogens with zero attached hydrogens (tertiary/aromatic N) is 3. The number of amides is 1. The maximum atomic E-state index is 12.4. The first kappa shape index (κ1) is 16.7. The molecule has 1 aliphatic rings. The molecule has 1 amide bonds. The fraction of sp³-hybridized carbons (Fsp3) is 0.438. The Balaban J connectivity index is 1.60. The van der Waals surface area contributed by atoms with Crippen LogP contribution in [0.15, 0.2) is 18.3 Å². The summed E-state index contributed by atoms with van der Waals surface area (Å²) >= 11 is 1.29. The number of anilines is 2. The van der Waals surface area contributed by atoms with E-state index in [1.165, 1.54) is 11.5 Å². The number of nitrogens with one attached hydrogen (secondary N) is 2. The highest BCUT2D eigenvalue weighted by Crippen LogP contribution is 2.23. The lowest BCUT2D eigenvalue weighted by Gasteiger charge is -2.27. The van der Waals surface area contributed by atoms with Crippen LogP contribution in [0.2, 0.25) is 0 Å². The fourth-order valence-corrected chi connectivity index (χ4v) is 3.32. The summed E-state index contributed by atoms with van der Waals surface area (Å²) in [6.07, 6.45) is 1.81. The number of ether oxygens (including phenoxy) is 1. The number of rotatable bonds is 5. The van der Waals surface area contributed by atoms with Gasteiger partial charge in [-0.25, -0.2) is 4.98 Å². The van der Waals surface area contributed by atoms with Crippen molar-refractivity contribution < 1.29 is 9.53 Å². The lowest BCUT2D eigenvalue weighted by Crippen LogP contribution is -2.36. The molecule has 3 heterocycles. The number of morpholine rings is 1. The van der Waals surface area contributed by atoms with Gasteiger partial charge in [-0.3, -0.25) is 4.79 Å². The van der Waals surface area contributed by atoms with Crippen LogP contribution >= 0.6 is 11.5 Å². The van der Waals surface area contributed by atoms with Gasteiger partial charge in [-0.1, -0.05) is 6.07 Å². The monoisotopic (exact) mass is 347 g/mol. The summed E-state index contributed by atoms with van der Waals surface area (Å²) < 4.78 is 9.56. The van der Waals surface area contributed by atoms with E-state index >= 15 is 0 Å². The van der Waals surface area contributed by atoms with Crippen LogP contribution in [0.25, 0.3) is 0 Å². The molecule has 0 aromatic carbocycles. The van der Waals surface area contributed by atoms with Gasteiger partial charge in [0.15, 0.2) is 0 Å². The van der Waals surface area contributed by atoms with Crippen molar-refractivity contribution in [1.29, 1.82) is 0 Å². The standard InChI is InChI=1S/C16H21N5O2S/c1-11-14(16(17-2)24-20-11)15(22)19-10-12-3-4-13(18-9-12)21-5-7-23-8-6-21/h3-4,9,17H,5-8,10H2,1-2H3,(H,19,22). The Morgan fingerprint density at radius 1 is 1.38 bits per heavy atom. The molecule has 2 aromatic heterocycles. The molecule has 0 saturated carbocycles. The summed E-state index contributed by atoms with van der Waals surface area (Å²) in [5.74, 6) is 0.826. The first-order valence-corrected chi connectivity index (χ1v) is 8.66. The minimum absolute atomic E-state index is 0.122. The predicted molar refractivity (Wildman–Crippen MR) is 94.8 cm³/mol. The van der Waals surface area contributed by atoms with Gasteiger partial charge in [0, 0.05) is 32.9 Å². The molecule has 3 rings (SSSR count). The van der Waals surface area contributed by atoms with Crippen LogP contribution in [-0.4, -0.2) is 48.6 Å². The van der Waals surface area contributed by atoms with Crippen LogP contribution in [0, 0.1) is 6.92 Å². The lowest BCUT2D eigenvalue weighted by atomic mass is 10.2. The van der Waals surface area contributed by atoms with Gasteiger partial charge in [-0.05, 0) is 30.1 Å². The Bertz CT molecular complexity index is 695. The number of carbonyl (C=O) groups excluding carboxylic acids is 1. The molecule has 1 aliphatic heterocycles. The molecule has 8 heteroatoms. The molecule has 0 unspecified atom stereocenters. The van der Waals surface area contributed by atoms with E-state index in [9.17, 15) is 4.79 Å². The number of hydrogen-bond acceptors (Lipinski definition) is 7. The van der Waals surface area contributed by atoms with E-state index in [2.05, 4.69) is 24.9 Å². The lowest BCUT2D eigenvalue weighted by molar-refractivity contribution is 0.0951. The number of aromatic nitrogens is 2. The topological polar surface area (TPSA) is 79.4 Å². The van der Waals surface area contributed by atoms with Gasteiger partial charge in [0.1, 0.15) is 10.8 Å². The normalized spacial score (nSPS) is 14.5. The summed E-state index contributed by atoms with van der Waals surface area (Å²) in [7, 11) is 1.79. The smallest absolute Gasteiger partial charge is 0.256 e. The van der Waals surface area contributed by atoms with E-state index in [0.717, 1.165) is 48.4 Å². The van der Waals surface area contributed by atoms with Gasteiger partial charge in [0.25, 0.3) is 5.91 Å². The second kappa shape index (κ2) is 7.59. The molecule has 7 nitrogen and oxygen atoms in total. The minimum Gasteiger partial charge on any atom is -0.378 e. The average Bonchev–Trinajstić information content (AvgIpc) is 3.01. The van der Waals surface area contributed by atoms with Crippen molar-refractivity contribution in [2.45, 2.75) is 13.5 Å². The van der Waals surface area contributed by atoms with Crippen molar-refractivity contribution in [3.63, 3.8) is 0 Å². The molecule has 128 valence electrons. The van der Waals surface area contributed by atoms with E-state index in [1.807, 2.05) is 25.3 Å². The summed E-state index contributed by atoms with van der Waals surface area (Å²) in [5, 5.41) is 6.72. The third-order valence-corrected chi connectivity index (χ3v) is 4.87. The Hall–Kier alpha value is -2.19. The molecular formula is C16H21N5O2S. The van der Waals surface area contributed by atoms with Crippen LogP contribution in [0.3, 0.4) is 0 Å². The summed E-state index contributed by atoms with van der Waals surface area (Å²) in [6.45, 7) is 5.47. The maximum absolute atomic E-state index is 12.4. The predicted octanol–water partition coefficient (Wildman–Crippen LogP) is 1.65. The first-order chi connectivity index (χ1) is 11.7. The van der Waals surface area contributed by atoms with Crippen LogP contribution < -0.4 is 15.5 Å². The van der Waals surface area contributed by atoms with Gasteiger partial charge in [0.05, 0.1) is 24.5 Å². The van der Waals surface area contributed by atoms with Crippen LogP contribution in [0.1, 0.15) is 21.6 Å². The highest BCUT2D eigenvalue weighted by atomic mass is 32.1. The van der Waals surface area contributed by atoms with Crippen LogP contribution in [-0.2, 0) is 11.3 Å². The van der Waals surface area contributed by atoms with Crippen molar-refractivity contribution in [2.24, 2.45) is 0 Å². The summed E-state index contributed by atoms with van der Waals surface area (Å²) in [4.78, 5) is 19.1. The SMILES string of the molecule is CNc1snc(C)c1C(=O)NCc1ccc(N2CCOCC2)nc1. The van der Waals surface area contributed by atoms with Crippen molar-refractivity contribution in [3.05, 3.63) is 35.2 Å². The van der Waals surface area contributed by atoms with Gasteiger partial charge >= 0.3 is 0 Å². The van der Waals surface area contributed by atoms with Gasteiger partial charge in [0.2, 0.25) is 0 Å². The molecule has 2 N–H and O–H groups in total. The molecule has 1 fully saturated rings. The quantitative estimate of drug-likeness (QED) is 0.856. The Kier molecular flexibility index (Phi) is 5.27. The average molecular weight is 347 g/mol. The molecular weight excluding hydrogens is 326 g/mol. The number of pyridine rings is 1. The zero-order chi connectivity index (χ0) is 16.9. The van der Waals surface area contributed by atoms with Gasteiger partial charge < -0.3 is 20.3 Å². The molecule has 0 bridgehead atoms. The Morgan fingerprint density at radius 3 is 2.83 bits per heavy atom. The van der Waals surface area contributed by atoms with E-state index in [-0.39, 0.29) is 5.91 Å². The van der Waals surface area contributed by atoms with Crippen molar-refractivity contribution in [3.8, 4) is 0 Å². The van der Waals surface area contributed by atoms with E-state index < -0.39 is 0 Å².